The van der Waals surface area contributed by atoms with E-state index in [2.05, 4.69) is 10.2 Å². The Morgan fingerprint density at radius 1 is 0.863 bits per heavy atom. The number of carbonyl (C=O) groups excluding carboxylic acids is 2. The fourth-order valence-electron chi connectivity index (χ4n) is 8.14. The third kappa shape index (κ3) is 7.33. The molecule has 0 aliphatic carbocycles. The first-order chi connectivity index (χ1) is 24.6. The number of carbonyl (C=O) groups is 3. The van der Waals surface area contributed by atoms with Gasteiger partial charge in [0.05, 0.1) is 26.9 Å². The second kappa shape index (κ2) is 15.2. The molecule has 272 valence electrons. The molecule has 2 N–H and O–H groups in total. The minimum absolute atomic E-state index is 0.150. The topological polar surface area (TPSA) is 121 Å². The number of amides is 3. The molecule has 3 aromatic carbocycles. The van der Waals surface area contributed by atoms with E-state index in [0.29, 0.717) is 87.6 Å². The molecule has 3 aromatic rings. The van der Waals surface area contributed by atoms with Crippen molar-refractivity contribution in [1.29, 1.82) is 0 Å². The van der Waals surface area contributed by atoms with Crippen molar-refractivity contribution in [2.45, 2.75) is 55.5 Å². The van der Waals surface area contributed by atoms with Crippen molar-refractivity contribution in [3.63, 3.8) is 0 Å². The number of aliphatic carboxylic acids is 1. The van der Waals surface area contributed by atoms with Gasteiger partial charge in [0.25, 0.3) is 5.91 Å². The van der Waals surface area contributed by atoms with Crippen molar-refractivity contribution in [3.05, 3.63) is 89.2 Å². The lowest BCUT2D eigenvalue weighted by Crippen LogP contribution is -2.57. The average Bonchev–Trinajstić information content (AvgIpc) is 3.84. The molecule has 0 spiro atoms. The van der Waals surface area contributed by atoms with Crippen molar-refractivity contribution < 1.29 is 38.1 Å². The summed E-state index contributed by atoms with van der Waals surface area (Å²) in [7, 11) is 4.55. The van der Waals surface area contributed by atoms with Gasteiger partial charge in [-0.15, -0.1) is 0 Å². The van der Waals surface area contributed by atoms with E-state index >= 15 is 0 Å². The lowest BCUT2D eigenvalue weighted by atomic mass is 9.76. The molecular formula is C39H47FN4O7. The summed E-state index contributed by atoms with van der Waals surface area (Å²) in [5, 5.41) is 13.0. The molecule has 3 heterocycles. The largest absolute Gasteiger partial charge is 0.493 e. The van der Waals surface area contributed by atoms with Gasteiger partial charge in [0.2, 0.25) is 5.75 Å². The van der Waals surface area contributed by atoms with E-state index in [4.69, 9.17) is 14.2 Å². The molecule has 0 saturated carbocycles. The van der Waals surface area contributed by atoms with E-state index in [0.717, 1.165) is 24.1 Å². The van der Waals surface area contributed by atoms with E-state index < -0.39 is 23.0 Å². The van der Waals surface area contributed by atoms with Crippen molar-refractivity contribution in [1.82, 2.24) is 20.0 Å². The number of benzene rings is 3. The zero-order valence-electron chi connectivity index (χ0n) is 29.5. The van der Waals surface area contributed by atoms with E-state index in [1.807, 2.05) is 47.4 Å². The first-order valence-corrected chi connectivity index (χ1v) is 17.6. The van der Waals surface area contributed by atoms with Crippen LogP contribution in [-0.4, -0.2) is 104 Å². The molecule has 0 bridgehead atoms. The van der Waals surface area contributed by atoms with Gasteiger partial charge in [0, 0.05) is 43.7 Å². The van der Waals surface area contributed by atoms with Crippen LogP contribution in [0.3, 0.4) is 0 Å². The summed E-state index contributed by atoms with van der Waals surface area (Å²) in [6, 6.07) is 18.7. The number of halogens is 1. The van der Waals surface area contributed by atoms with Gasteiger partial charge in [-0.1, -0.05) is 42.5 Å². The van der Waals surface area contributed by atoms with Gasteiger partial charge < -0.3 is 39.3 Å². The molecule has 2 unspecified atom stereocenters. The summed E-state index contributed by atoms with van der Waals surface area (Å²) in [5.74, 6) is -0.217. The number of carboxylic acid groups (broad SMARTS) is 1. The van der Waals surface area contributed by atoms with Crippen LogP contribution in [0.5, 0.6) is 17.2 Å². The highest BCUT2D eigenvalue weighted by molar-refractivity contribution is 5.96. The van der Waals surface area contributed by atoms with Gasteiger partial charge >= 0.3 is 12.0 Å². The van der Waals surface area contributed by atoms with Crippen molar-refractivity contribution in [2.24, 2.45) is 0 Å². The third-order valence-corrected chi connectivity index (χ3v) is 11.1. The highest BCUT2D eigenvalue weighted by atomic mass is 19.1. The Kier molecular flexibility index (Phi) is 10.7. The molecule has 3 saturated heterocycles. The molecule has 51 heavy (non-hydrogen) atoms. The first kappa shape index (κ1) is 36.0. The molecular weight excluding hydrogens is 655 g/mol. The Morgan fingerprint density at radius 2 is 1.53 bits per heavy atom. The molecule has 3 aliphatic rings. The summed E-state index contributed by atoms with van der Waals surface area (Å²) in [4.78, 5) is 45.0. The first-order valence-electron chi connectivity index (χ1n) is 17.6. The second-order valence-corrected chi connectivity index (χ2v) is 13.8. The zero-order chi connectivity index (χ0) is 36.2. The van der Waals surface area contributed by atoms with Gasteiger partial charge in [-0.25, -0.2) is 14.0 Å². The molecule has 11 nitrogen and oxygen atoms in total. The molecule has 6 rings (SSSR count). The molecule has 0 radical (unpaired) electrons. The number of hydrogen-bond acceptors (Lipinski definition) is 7. The van der Waals surface area contributed by atoms with Crippen molar-refractivity contribution in [2.75, 3.05) is 60.6 Å². The van der Waals surface area contributed by atoms with Crippen LogP contribution in [0, 0.1) is 5.82 Å². The van der Waals surface area contributed by atoms with Gasteiger partial charge in [0.1, 0.15) is 11.9 Å². The predicted molar refractivity (Wildman–Crippen MR) is 189 cm³/mol. The molecule has 3 fully saturated rings. The van der Waals surface area contributed by atoms with Crippen LogP contribution in [0.1, 0.15) is 60.0 Å². The molecule has 3 aliphatic heterocycles. The van der Waals surface area contributed by atoms with Gasteiger partial charge in [-0.2, -0.15) is 0 Å². The molecule has 2 atom stereocenters. The van der Waals surface area contributed by atoms with Crippen LogP contribution in [0.4, 0.5) is 9.18 Å². The van der Waals surface area contributed by atoms with Gasteiger partial charge in [-0.3, -0.25) is 4.79 Å². The standard InChI is InChI=1S/C39H47FN4O7/c1-49-32-24-27(25-33(50-2)34(32)51-3)35(45)43-23-16-38(26-43,28-11-13-30(40)14-12-28)15-20-42-21-17-39(18-22-42,29-8-5-4-6-9-29)41-37(48)44-19-7-10-31(44)36(46)47/h4-6,8-9,11-14,24-25,31H,7,10,15-23,26H2,1-3H3,(H,41,48)(H,46,47). The van der Waals surface area contributed by atoms with Crippen molar-refractivity contribution in [3.8, 4) is 17.2 Å². The fraction of sp³-hybridized carbons (Fsp3) is 0.462. The van der Waals surface area contributed by atoms with Crippen LogP contribution in [0.15, 0.2) is 66.7 Å². The van der Waals surface area contributed by atoms with Crippen LogP contribution in [-0.2, 0) is 15.7 Å². The normalized spacial score (nSPS) is 21.7. The number of nitrogens with zero attached hydrogens (tertiary/aromatic N) is 3. The Hall–Kier alpha value is -4.84. The summed E-state index contributed by atoms with van der Waals surface area (Å²) < 4.78 is 30.5. The number of piperidine rings is 1. The summed E-state index contributed by atoms with van der Waals surface area (Å²) in [5.41, 5.74) is 1.40. The smallest absolute Gasteiger partial charge is 0.326 e. The minimum Gasteiger partial charge on any atom is -0.493 e. The van der Waals surface area contributed by atoms with Gasteiger partial charge in [0.15, 0.2) is 11.5 Å². The summed E-state index contributed by atoms with van der Waals surface area (Å²) in [6.45, 7) is 3.59. The number of carboxylic acids is 1. The SMILES string of the molecule is COc1cc(C(=O)N2CCC(CCN3CCC(NC(=O)N4CCCC4C(=O)O)(c4ccccc4)CC3)(c3ccc(F)cc3)C2)cc(OC)c1OC. The number of hydrogen-bond donors (Lipinski definition) is 2. The maximum atomic E-state index is 14.1. The van der Waals surface area contributed by atoms with Gasteiger partial charge in [-0.05, 0) is 80.5 Å². The highest BCUT2D eigenvalue weighted by Crippen LogP contribution is 2.42. The minimum atomic E-state index is -0.975. The number of urea groups is 1. The number of ether oxygens (including phenoxy) is 3. The van der Waals surface area contributed by atoms with Crippen LogP contribution < -0.4 is 19.5 Å². The number of nitrogens with one attached hydrogen (secondary N) is 1. The Morgan fingerprint density at radius 3 is 2.14 bits per heavy atom. The van der Waals surface area contributed by atoms with Crippen molar-refractivity contribution >= 4 is 17.9 Å². The molecule has 3 amide bonds. The average molecular weight is 703 g/mol. The van der Waals surface area contributed by atoms with E-state index in [1.54, 1.807) is 12.1 Å². The molecule has 0 aromatic heterocycles. The summed E-state index contributed by atoms with van der Waals surface area (Å²) >= 11 is 0. The number of rotatable bonds is 11. The second-order valence-electron chi connectivity index (χ2n) is 13.8. The maximum absolute atomic E-state index is 14.1. The lowest BCUT2D eigenvalue weighted by Gasteiger charge is -2.44. The van der Waals surface area contributed by atoms with E-state index in [-0.39, 0.29) is 17.8 Å². The summed E-state index contributed by atoms with van der Waals surface area (Å²) in [6.07, 6.45) is 3.89. The monoisotopic (exact) mass is 702 g/mol. The van der Waals surface area contributed by atoms with Crippen LogP contribution in [0.2, 0.25) is 0 Å². The maximum Gasteiger partial charge on any atom is 0.326 e. The Bertz CT molecular complexity index is 1690. The fourth-order valence-corrected chi connectivity index (χ4v) is 8.14. The number of likely N-dealkylation sites (tertiary alicyclic amines) is 3. The van der Waals surface area contributed by atoms with E-state index in [1.165, 1.54) is 38.4 Å². The number of methoxy groups -OCH3 is 3. The quantitative estimate of drug-likeness (QED) is 0.277. The Balaban J connectivity index is 1.18. The molecule has 12 heteroatoms. The third-order valence-electron chi connectivity index (χ3n) is 11.1. The Labute approximate surface area is 298 Å². The van der Waals surface area contributed by atoms with E-state index in [9.17, 15) is 23.9 Å². The highest BCUT2D eigenvalue weighted by Gasteiger charge is 2.44. The zero-order valence-corrected chi connectivity index (χ0v) is 29.5. The van der Waals surface area contributed by atoms with Crippen LogP contribution >= 0.6 is 0 Å². The predicted octanol–water partition coefficient (Wildman–Crippen LogP) is 5.28. The van der Waals surface area contributed by atoms with Crippen LogP contribution in [0.25, 0.3) is 0 Å². The lowest BCUT2D eigenvalue weighted by molar-refractivity contribution is -0.141.